The Morgan fingerprint density at radius 3 is 2.64 bits per heavy atom. The van der Waals surface area contributed by atoms with Crippen LogP contribution in [0.3, 0.4) is 0 Å². The molecule has 0 amide bonds. The van der Waals surface area contributed by atoms with Crippen molar-refractivity contribution in [2.45, 2.75) is 52.6 Å². The fraction of sp³-hybridized carbons (Fsp3) is 0.727. The number of hydrogen-bond donors (Lipinski definition) is 1. The fourth-order valence-corrected chi connectivity index (χ4v) is 1.54. The van der Waals surface area contributed by atoms with Crippen LogP contribution in [-0.2, 0) is 19.4 Å². The van der Waals surface area contributed by atoms with Gasteiger partial charge in [-0.1, -0.05) is 13.8 Å². The summed E-state index contributed by atoms with van der Waals surface area (Å²) in [6, 6.07) is 2.45. The predicted octanol–water partition coefficient (Wildman–Crippen LogP) is 1.75. The Morgan fingerprint density at radius 1 is 1.43 bits per heavy atom. The van der Waals surface area contributed by atoms with Gasteiger partial charge in [0.15, 0.2) is 0 Å². The molecule has 3 heteroatoms. The first-order chi connectivity index (χ1) is 6.71. The van der Waals surface area contributed by atoms with Crippen LogP contribution < -0.4 is 5.73 Å². The summed E-state index contributed by atoms with van der Waals surface area (Å²) in [6.07, 6.45) is 2.97. The molecule has 0 aliphatic heterocycles. The highest BCUT2D eigenvalue weighted by atomic mass is 15.3. The molecule has 1 heterocycles. The summed E-state index contributed by atoms with van der Waals surface area (Å²) in [5.41, 5.74) is 8.39. The van der Waals surface area contributed by atoms with E-state index in [1.807, 2.05) is 0 Å². The van der Waals surface area contributed by atoms with E-state index in [2.05, 4.69) is 36.6 Å². The van der Waals surface area contributed by atoms with Crippen molar-refractivity contribution in [3.8, 4) is 0 Å². The zero-order valence-corrected chi connectivity index (χ0v) is 9.45. The zero-order valence-electron chi connectivity index (χ0n) is 9.45. The van der Waals surface area contributed by atoms with Gasteiger partial charge in [-0.15, -0.1) is 0 Å². The van der Waals surface area contributed by atoms with Gasteiger partial charge in [0.05, 0.1) is 5.69 Å². The van der Waals surface area contributed by atoms with Crippen molar-refractivity contribution in [2.75, 3.05) is 0 Å². The third-order valence-corrected chi connectivity index (χ3v) is 2.57. The van der Waals surface area contributed by atoms with Crippen molar-refractivity contribution in [3.05, 3.63) is 17.5 Å². The van der Waals surface area contributed by atoms with E-state index < -0.39 is 0 Å². The van der Waals surface area contributed by atoms with Gasteiger partial charge in [0.2, 0.25) is 0 Å². The van der Waals surface area contributed by atoms with Crippen LogP contribution >= 0.6 is 0 Å². The summed E-state index contributed by atoms with van der Waals surface area (Å²) in [5, 5.41) is 4.50. The van der Waals surface area contributed by atoms with Gasteiger partial charge in [0, 0.05) is 24.7 Å². The van der Waals surface area contributed by atoms with E-state index in [-0.39, 0.29) is 6.04 Å². The van der Waals surface area contributed by atoms with Gasteiger partial charge in [0.1, 0.15) is 0 Å². The molecule has 3 nitrogen and oxygen atoms in total. The summed E-state index contributed by atoms with van der Waals surface area (Å²) in [4.78, 5) is 0. The molecule has 0 aliphatic rings. The molecule has 0 aliphatic carbocycles. The maximum atomic E-state index is 5.94. The number of aryl methyl sites for hydroxylation is 2. The van der Waals surface area contributed by atoms with E-state index in [1.54, 1.807) is 0 Å². The van der Waals surface area contributed by atoms with Gasteiger partial charge >= 0.3 is 0 Å². The summed E-state index contributed by atoms with van der Waals surface area (Å²) in [6.45, 7) is 7.31. The minimum atomic E-state index is 0.265. The van der Waals surface area contributed by atoms with Crippen LogP contribution in [0.15, 0.2) is 6.07 Å². The number of nitrogens with zero attached hydrogens (tertiary/aromatic N) is 2. The third kappa shape index (κ3) is 2.58. The van der Waals surface area contributed by atoms with Crippen LogP contribution in [0.1, 0.15) is 38.6 Å². The molecule has 0 saturated carbocycles. The molecule has 1 rings (SSSR count). The first-order valence-corrected chi connectivity index (χ1v) is 5.52. The Bertz CT molecular complexity index is 278. The molecule has 1 atom stereocenters. The molecule has 0 radical (unpaired) electrons. The summed E-state index contributed by atoms with van der Waals surface area (Å²) in [5.74, 6) is 0. The van der Waals surface area contributed by atoms with E-state index >= 15 is 0 Å². The molecule has 2 N–H and O–H groups in total. The quantitative estimate of drug-likeness (QED) is 0.778. The Balaban J connectivity index is 2.78. The smallest absolute Gasteiger partial charge is 0.0624 e. The van der Waals surface area contributed by atoms with Crippen LogP contribution in [0.2, 0.25) is 0 Å². The lowest BCUT2D eigenvalue weighted by molar-refractivity contribution is 0.567. The first-order valence-electron chi connectivity index (χ1n) is 5.52. The lowest BCUT2D eigenvalue weighted by Crippen LogP contribution is -2.23. The van der Waals surface area contributed by atoms with Crippen LogP contribution in [0, 0.1) is 0 Å². The third-order valence-electron chi connectivity index (χ3n) is 2.57. The second-order valence-electron chi connectivity index (χ2n) is 3.67. The molecule has 0 bridgehead atoms. The van der Waals surface area contributed by atoms with Crippen LogP contribution in [-0.4, -0.2) is 15.8 Å². The molecule has 0 fully saturated rings. The van der Waals surface area contributed by atoms with Gasteiger partial charge < -0.3 is 5.73 Å². The van der Waals surface area contributed by atoms with Gasteiger partial charge in [-0.3, -0.25) is 4.68 Å². The topological polar surface area (TPSA) is 43.8 Å². The summed E-state index contributed by atoms with van der Waals surface area (Å²) < 4.78 is 2.06. The SMILES string of the molecule is CCc1cc(CC(N)CC)n(CC)n1. The normalized spacial score (nSPS) is 13.1. The average molecular weight is 195 g/mol. The van der Waals surface area contributed by atoms with Gasteiger partial charge in [-0.2, -0.15) is 5.10 Å². The van der Waals surface area contributed by atoms with Gasteiger partial charge in [-0.25, -0.2) is 0 Å². The molecule has 1 unspecified atom stereocenters. The number of hydrogen-bond acceptors (Lipinski definition) is 2. The van der Waals surface area contributed by atoms with Crippen molar-refractivity contribution >= 4 is 0 Å². The second-order valence-corrected chi connectivity index (χ2v) is 3.67. The van der Waals surface area contributed by atoms with E-state index in [4.69, 9.17) is 5.73 Å². The van der Waals surface area contributed by atoms with Crippen LogP contribution in [0.25, 0.3) is 0 Å². The number of nitrogens with two attached hydrogens (primary N) is 1. The zero-order chi connectivity index (χ0) is 10.6. The van der Waals surface area contributed by atoms with Crippen molar-refractivity contribution in [1.29, 1.82) is 0 Å². The minimum absolute atomic E-state index is 0.265. The highest BCUT2D eigenvalue weighted by molar-refractivity contribution is 5.11. The highest BCUT2D eigenvalue weighted by Crippen LogP contribution is 2.08. The van der Waals surface area contributed by atoms with Crippen molar-refractivity contribution in [3.63, 3.8) is 0 Å². The minimum Gasteiger partial charge on any atom is -0.327 e. The molecule has 0 saturated heterocycles. The molecule has 1 aromatic heterocycles. The lowest BCUT2D eigenvalue weighted by atomic mass is 10.1. The number of aromatic nitrogens is 2. The molecule has 0 aromatic carbocycles. The van der Waals surface area contributed by atoms with Gasteiger partial charge in [-0.05, 0) is 25.8 Å². The summed E-state index contributed by atoms with van der Waals surface area (Å²) >= 11 is 0. The maximum Gasteiger partial charge on any atom is 0.0624 e. The number of rotatable bonds is 5. The molecular weight excluding hydrogens is 174 g/mol. The molecule has 14 heavy (non-hydrogen) atoms. The predicted molar refractivity (Wildman–Crippen MR) is 59.2 cm³/mol. The first kappa shape index (κ1) is 11.2. The van der Waals surface area contributed by atoms with E-state index in [9.17, 15) is 0 Å². The van der Waals surface area contributed by atoms with Gasteiger partial charge in [0.25, 0.3) is 0 Å². The van der Waals surface area contributed by atoms with Crippen molar-refractivity contribution in [1.82, 2.24) is 9.78 Å². The second kappa shape index (κ2) is 5.15. The van der Waals surface area contributed by atoms with Crippen LogP contribution in [0.5, 0.6) is 0 Å². The Kier molecular flexibility index (Phi) is 4.14. The largest absolute Gasteiger partial charge is 0.327 e. The highest BCUT2D eigenvalue weighted by Gasteiger charge is 2.08. The fourth-order valence-electron chi connectivity index (χ4n) is 1.54. The van der Waals surface area contributed by atoms with Crippen molar-refractivity contribution in [2.24, 2.45) is 5.73 Å². The van der Waals surface area contributed by atoms with Crippen LogP contribution in [0.4, 0.5) is 0 Å². The Labute approximate surface area is 86.3 Å². The molecule has 80 valence electrons. The molecule has 1 aromatic rings. The molecule has 0 spiro atoms. The maximum absolute atomic E-state index is 5.94. The Morgan fingerprint density at radius 2 is 2.14 bits per heavy atom. The standard InChI is InChI=1S/C11H21N3/c1-4-9(12)7-11-8-10(5-2)13-14(11)6-3/h8-9H,4-7,12H2,1-3H3. The van der Waals surface area contributed by atoms with E-state index in [1.165, 1.54) is 11.4 Å². The van der Waals surface area contributed by atoms with E-state index in [0.29, 0.717) is 0 Å². The lowest BCUT2D eigenvalue weighted by Gasteiger charge is -2.09. The molecular formula is C11H21N3. The summed E-state index contributed by atoms with van der Waals surface area (Å²) in [7, 11) is 0. The van der Waals surface area contributed by atoms with E-state index in [0.717, 1.165) is 25.8 Å². The Hall–Kier alpha value is -0.830. The van der Waals surface area contributed by atoms with Crippen molar-refractivity contribution < 1.29 is 0 Å². The average Bonchev–Trinajstić information content (AvgIpc) is 2.60. The monoisotopic (exact) mass is 195 g/mol.